The molecule has 0 radical (unpaired) electrons. The van der Waals surface area contributed by atoms with Crippen LogP contribution in [0.5, 0.6) is 0 Å². The summed E-state index contributed by atoms with van der Waals surface area (Å²) in [7, 11) is 0. The number of aliphatic carboxylic acids is 1. The van der Waals surface area contributed by atoms with Crippen molar-refractivity contribution in [2.24, 2.45) is 5.92 Å². The van der Waals surface area contributed by atoms with E-state index in [0.717, 1.165) is 8.66 Å². The zero-order valence-electron chi connectivity index (χ0n) is 9.57. The van der Waals surface area contributed by atoms with E-state index in [1.165, 1.54) is 11.3 Å². The lowest BCUT2D eigenvalue weighted by Gasteiger charge is -2.17. The third kappa shape index (κ3) is 4.47. The zero-order chi connectivity index (χ0) is 13.0. The van der Waals surface area contributed by atoms with E-state index in [0.29, 0.717) is 0 Å². The number of nitrogens with one attached hydrogen (secondary N) is 1. The van der Waals surface area contributed by atoms with Gasteiger partial charge in [-0.05, 0) is 34.0 Å². The third-order valence-electron chi connectivity index (χ3n) is 2.21. The summed E-state index contributed by atoms with van der Waals surface area (Å²) >= 11 is 4.78. The maximum atomic E-state index is 11.7. The summed E-state index contributed by atoms with van der Waals surface area (Å²) in [6.45, 7) is 3.53. The van der Waals surface area contributed by atoms with Crippen molar-refractivity contribution in [3.8, 4) is 0 Å². The first-order valence-corrected chi connectivity index (χ1v) is 6.77. The van der Waals surface area contributed by atoms with E-state index < -0.39 is 12.0 Å². The first kappa shape index (κ1) is 14.2. The summed E-state index contributed by atoms with van der Waals surface area (Å²) in [5.41, 5.74) is 0. The Morgan fingerprint density at radius 3 is 2.53 bits per heavy atom. The molecule has 1 aromatic rings. The van der Waals surface area contributed by atoms with E-state index >= 15 is 0 Å². The molecule has 17 heavy (non-hydrogen) atoms. The number of carbonyl (C=O) groups is 2. The lowest BCUT2D eigenvalue weighted by Crippen LogP contribution is -2.44. The third-order valence-corrected chi connectivity index (χ3v) is 3.84. The minimum atomic E-state index is -0.999. The van der Waals surface area contributed by atoms with E-state index in [-0.39, 0.29) is 18.2 Å². The SMILES string of the molecule is CC(C)[C@H](NC(=O)Cc1ccc(Br)s1)C(=O)O. The minimum absolute atomic E-state index is 0.133. The van der Waals surface area contributed by atoms with Crippen molar-refractivity contribution >= 4 is 39.1 Å². The van der Waals surface area contributed by atoms with Gasteiger partial charge < -0.3 is 10.4 Å². The minimum Gasteiger partial charge on any atom is -0.480 e. The normalized spacial score (nSPS) is 12.5. The first-order chi connectivity index (χ1) is 7.90. The number of amides is 1. The number of halogens is 1. The monoisotopic (exact) mass is 319 g/mol. The lowest BCUT2D eigenvalue weighted by atomic mass is 10.0. The average molecular weight is 320 g/mol. The van der Waals surface area contributed by atoms with E-state index in [1.807, 2.05) is 12.1 Å². The molecule has 0 aliphatic carbocycles. The van der Waals surface area contributed by atoms with E-state index in [4.69, 9.17) is 5.11 Å². The van der Waals surface area contributed by atoms with Gasteiger partial charge in [0, 0.05) is 4.88 Å². The highest BCUT2D eigenvalue weighted by Gasteiger charge is 2.23. The smallest absolute Gasteiger partial charge is 0.326 e. The number of rotatable bonds is 5. The summed E-state index contributed by atoms with van der Waals surface area (Å²) in [6.07, 6.45) is 0.215. The van der Waals surface area contributed by atoms with Crippen LogP contribution in [0.25, 0.3) is 0 Å². The second-order valence-electron chi connectivity index (χ2n) is 4.01. The van der Waals surface area contributed by atoms with Crippen LogP contribution < -0.4 is 5.32 Å². The Hall–Kier alpha value is -0.880. The molecule has 0 aliphatic rings. The Labute approximate surface area is 112 Å². The van der Waals surface area contributed by atoms with E-state index in [2.05, 4.69) is 21.2 Å². The molecule has 1 heterocycles. The van der Waals surface area contributed by atoms with Gasteiger partial charge in [0.25, 0.3) is 0 Å². The molecule has 0 saturated heterocycles. The van der Waals surface area contributed by atoms with Crippen molar-refractivity contribution in [3.05, 3.63) is 20.8 Å². The molecule has 0 spiro atoms. The number of hydrogen-bond acceptors (Lipinski definition) is 3. The fourth-order valence-corrected chi connectivity index (χ4v) is 2.82. The fourth-order valence-electron chi connectivity index (χ4n) is 1.34. The van der Waals surface area contributed by atoms with Gasteiger partial charge in [0.05, 0.1) is 10.2 Å². The molecule has 0 aromatic carbocycles. The van der Waals surface area contributed by atoms with Crippen molar-refractivity contribution in [2.45, 2.75) is 26.3 Å². The van der Waals surface area contributed by atoms with Crippen LogP contribution in [0.1, 0.15) is 18.7 Å². The van der Waals surface area contributed by atoms with Gasteiger partial charge in [-0.3, -0.25) is 4.79 Å². The lowest BCUT2D eigenvalue weighted by molar-refractivity contribution is -0.143. The predicted octanol–water partition coefficient (Wildman–Crippen LogP) is 2.28. The zero-order valence-corrected chi connectivity index (χ0v) is 12.0. The Morgan fingerprint density at radius 1 is 1.47 bits per heavy atom. The van der Waals surface area contributed by atoms with Gasteiger partial charge in [-0.2, -0.15) is 0 Å². The van der Waals surface area contributed by atoms with E-state index in [1.54, 1.807) is 13.8 Å². The number of carboxylic acid groups (broad SMARTS) is 1. The van der Waals surface area contributed by atoms with Crippen LogP contribution in [0.2, 0.25) is 0 Å². The Bertz CT molecular complexity index is 417. The quantitative estimate of drug-likeness (QED) is 0.875. The van der Waals surface area contributed by atoms with Crippen LogP contribution in [0, 0.1) is 5.92 Å². The van der Waals surface area contributed by atoms with Gasteiger partial charge >= 0.3 is 5.97 Å². The standard InChI is InChI=1S/C11H14BrNO3S/c1-6(2)10(11(15)16)13-9(14)5-7-3-4-8(12)17-7/h3-4,6,10H,5H2,1-2H3,(H,13,14)(H,15,16)/t10-/m0/s1. The highest BCUT2D eigenvalue weighted by molar-refractivity contribution is 9.11. The number of carboxylic acids is 1. The van der Waals surface area contributed by atoms with Gasteiger partial charge in [0.15, 0.2) is 0 Å². The van der Waals surface area contributed by atoms with Gasteiger partial charge in [0.1, 0.15) is 6.04 Å². The largest absolute Gasteiger partial charge is 0.480 e. The molecule has 0 unspecified atom stereocenters. The van der Waals surface area contributed by atoms with Crippen molar-refractivity contribution in [3.63, 3.8) is 0 Å². The molecule has 1 rings (SSSR count). The summed E-state index contributed by atoms with van der Waals surface area (Å²) < 4.78 is 0.957. The number of thiophene rings is 1. The first-order valence-electron chi connectivity index (χ1n) is 5.16. The van der Waals surface area contributed by atoms with Gasteiger partial charge in [0.2, 0.25) is 5.91 Å². The predicted molar refractivity (Wildman–Crippen MR) is 70.1 cm³/mol. The molecule has 1 aromatic heterocycles. The van der Waals surface area contributed by atoms with Gasteiger partial charge in [-0.25, -0.2) is 4.79 Å². The van der Waals surface area contributed by atoms with E-state index in [9.17, 15) is 9.59 Å². The second kappa shape index (κ2) is 6.16. The molecule has 94 valence electrons. The molecule has 0 aliphatic heterocycles. The molecule has 0 fully saturated rings. The van der Waals surface area contributed by atoms with Gasteiger partial charge in [-0.1, -0.05) is 13.8 Å². The number of carbonyl (C=O) groups excluding carboxylic acids is 1. The van der Waals surface area contributed by atoms with Crippen molar-refractivity contribution in [1.82, 2.24) is 5.32 Å². The molecule has 0 saturated carbocycles. The molecule has 2 N–H and O–H groups in total. The molecular formula is C11H14BrNO3S. The molecular weight excluding hydrogens is 306 g/mol. The van der Waals surface area contributed by atoms with Crippen LogP contribution in [0.3, 0.4) is 0 Å². The maximum Gasteiger partial charge on any atom is 0.326 e. The highest BCUT2D eigenvalue weighted by atomic mass is 79.9. The topological polar surface area (TPSA) is 66.4 Å². The van der Waals surface area contributed by atoms with Crippen LogP contribution in [-0.2, 0) is 16.0 Å². The molecule has 6 heteroatoms. The van der Waals surface area contributed by atoms with Crippen LogP contribution in [0.4, 0.5) is 0 Å². The Balaban J connectivity index is 2.56. The summed E-state index contributed by atoms with van der Waals surface area (Å²) in [6, 6.07) is 2.88. The van der Waals surface area contributed by atoms with Crippen molar-refractivity contribution in [2.75, 3.05) is 0 Å². The molecule has 1 amide bonds. The fraction of sp³-hybridized carbons (Fsp3) is 0.455. The Morgan fingerprint density at radius 2 is 2.12 bits per heavy atom. The van der Waals surface area contributed by atoms with Crippen molar-refractivity contribution in [1.29, 1.82) is 0 Å². The summed E-state index contributed by atoms with van der Waals surface area (Å²) in [5.74, 6) is -1.40. The molecule has 1 atom stereocenters. The highest BCUT2D eigenvalue weighted by Crippen LogP contribution is 2.22. The second-order valence-corrected chi connectivity index (χ2v) is 6.56. The van der Waals surface area contributed by atoms with Gasteiger partial charge in [-0.15, -0.1) is 11.3 Å². The molecule has 4 nitrogen and oxygen atoms in total. The van der Waals surface area contributed by atoms with Crippen molar-refractivity contribution < 1.29 is 14.7 Å². The van der Waals surface area contributed by atoms with Crippen LogP contribution in [-0.4, -0.2) is 23.0 Å². The average Bonchev–Trinajstić information content (AvgIpc) is 2.59. The Kier molecular flexibility index (Phi) is 5.14. The van der Waals surface area contributed by atoms with Crippen LogP contribution >= 0.6 is 27.3 Å². The molecule has 0 bridgehead atoms. The maximum absolute atomic E-state index is 11.7. The summed E-state index contributed by atoms with van der Waals surface area (Å²) in [4.78, 5) is 23.5. The number of hydrogen-bond donors (Lipinski definition) is 2. The summed E-state index contributed by atoms with van der Waals surface area (Å²) in [5, 5.41) is 11.5. The van der Waals surface area contributed by atoms with Crippen LogP contribution in [0.15, 0.2) is 15.9 Å².